The maximum atomic E-state index is 12.7. The number of H-pyrrole nitrogens is 1. The van der Waals surface area contributed by atoms with Gasteiger partial charge in [0.25, 0.3) is 21.4 Å². The van der Waals surface area contributed by atoms with Gasteiger partial charge in [0.15, 0.2) is 5.69 Å². The largest absolute Gasteiger partial charge is 0.494 e. The highest BCUT2D eigenvalue weighted by atomic mass is 32.2. The Labute approximate surface area is 169 Å². The number of nitro groups is 1. The van der Waals surface area contributed by atoms with Crippen LogP contribution in [0.5, 0.6) is 5.75 Å². The first-order valence-electron chi connectivity index (χ1n) is 8.25. The first-order chi connectivity index (χ1) is 14.1. The van der Waals surface area contributed by atoms with Crippen LogP contribution in [0.3, 0.4) is 0 Å². The molecule has 2 aromatic carbocycles. The molecule has 0 spiro atoms. The number of nitrogens with zero attached hydrogens (tertiary/aromatic N) is 4. The van der Waals surface area contributed by atoms with Gasteiger partial charge in [0.2, 0.25) is 0 Å². The van der Waals surface area contributed by atoms with Gasteiger partial charge in [-0.3, -0.25) is 24.6 Å². The van der Waals surface area contributed by atoms with Crippen LogP contribution in [0.2, 0.25) is 0 Å². The lowest BCUT2D eigenvalue weighted by Crippen LogP contribution is -2.14. The molecular formula is C17H15N5O7S. The van der Waals surface area contributed by atoms with Crippen molar-refractivity contribution >= 4 is 27.2 Å². The fraction of sp³-hybridized carbons (Fsp3) is 0.118. The highest BCUT2D eigenvalue weighted by Crippen LogP contribution is 2.32. The highest BCUT2D eigenvalue weighted by Gasteiger charge is 2.15. The van der Waals surface area contributed by atoms with Crippen molar-refractivity contribution in [2.45, 2.75) is 11.8 Å². The number of rotatable bonds is 6. The van der Waals surface area contributed by atoms with E-state index in [1.807, 2.05) is 0 Å². The molecule has 13 heteroatoms. The summed E-state index contributed by atoms with van der Waals surface area (Å²) < 4.78 is 37.5. The van der Waals surface area contributed by atoms with E-state index in [2.05, 4.69) is 15.3 Å². The summed E-state index contributed by atoms with van der Waals surface area (Å²) in [6.07, 6.45) is 0. The number of nitrogens with one attached hydrogen (secondary N) is 1. The van der Waals surface area contributed by atoms with Crippen molar-refractivity contribution in [3.63, 3.8) is 0 Å². The lowest BCUT2D eigenvalue weighted by Gasteiger charge is -2.02. The molecule has 1 heterocycles. The molecule has 2 N–H and O–H groups in total. The van der Waals surface area contributed by atoms with Gasteiger partial charge < -0.3 is 4.74 Å². The van der Waals surface area contributed by atoms with Crippen LogP contribution in [-0.2, 0) is 10.1 Å². The molecule has 1 aromatic heterocycles. The quantitative estimate of drug-likeness (QED) is 0.260. The summed E-state index contributed by atoms with van der Waals surface area (Å²) in [7, 11) is -3.00. The number of nitro benzene ring substituents is 1. The van der Waals surface area contributed by atoms with Crippen molar-refractivity contribution in [3.8, 4) is 11.4 Å². The number of benzene rings is 2. The number of ether oxygens (including phenoxy) is 1. The Bertz CT molecular complexity index is 1310. The zero-order valence-electron chi connectivity index (χ0n) is 15.6. The summed E-state index contributed by atoms with van der Waals surface area (Å²) in [4.78, 5) is 22.7. The average molecular weight is 433 g/mol. The maximum Gasteiger partial charge on any atom is 0.299 e. The van der Waals surface area contributed by atoms with E-state index in [-0.39, 0.29) is 27.7 Å². The Kier molecular flexibility index (Phi) is 5.49. The molecule has 0 saturated heterocycles. The average Bonchev–Trinajstić information content (AvgIpc) is 2.99. The molecule has 0 aliphatic heterocycles. The second-order valence-electron chi connectivity index (χ2n) is 6.01. The van der Waals surface area contributed by atoms with Crippen molar-refractivity contribution in [3.05, 3.63) is 68.6 Å². The lowest BCUT2D eigenvalue weighted by atomic mass is 10.2. The fourth-order valence-corrected chi connectivity index (χ4v) is 3.06. The normalized spacial score (nSPS) is 11.7. The molecule has 12 nitrogen and oxygen atoms in total. The molecule has 30 heavy (non-hydrogen) atoms. The van der Waals surface area contributed by atoms with Crippen LogP contribution in [0.1, 0.15) is 5.69 Å². The summed E-state index contributed by atoms with van der Waals surface area (Å²) in [6.45, 7) is 1.57. The molecule has 3 aromatic rings. The van der Waals surface area contributed by atoms with Crippen LogP contribution in [-0.4, -0.2) is 34.8 Å². The molecule has 0 aliphatic carbocycles. The first kappa shape index (κ1) is 20.9. The zero-order chi connectivity index (χ0) is 22.1. The summed E-state index contributed by atoms with van der Waals surface area (Å²) in [5.41, 5.74) is -0.137. The first-order valence-corrected chi connectivity index (χ1v) is 9.69. The summed E-state index contributed by atoms with van der Waals surface area (Å²) in [6, 6.07) is 8.71. The lowest BCUT2D eigenvalue weighted by molar-refractivity contribution is -0.384. The fourth-order valence-electron chi connectivity index (χ4n) is 2.58. The minimum absolute atomic E-state index is 0.0533. The topological polar surface area (TPSA) is 169 Å². The van der Waals surface area contributed by atoms with E-state index >= 15 is 0 Å². The second kappa shape index (κ2) is 7.88. The van der Waals surface area contributed by atoms with Crippen LogP contribution in [0, 0.1) is 17.0 Å². The predicted octanol–water partition coefficient (Wildman–Crippen LogP) is 3.05. The minimum atomic E-state index is -4.36. The van der Waals surface area contributed by atoms with Gasteiger partial charge >= 0.3 is 0 Å². The minimum Gasteiger partial charge on any atom is -0.494 e. The van der Waals surface area contributed by atoms with E-state index in [1.165, 1.54) is 31.4 Å². The molecule has 0 fully saturated rings. The van der Waals surface area contributed by atoms with Crippen molar-refractivity contribution < 1.29 is 22.6 Å². The number of aromatic nitrogens is 2. The van der Waals surface area contributed by atoms with Gasteiger partial charge in [0.05, 0.1) is 28.3 Å². The van der Waals surface area contributed by atoms with Gasteiger partial charge in [-0.25, -0.2) is 4.68 Å². The van der Waals surface area contributed by atoms with Gasteiger partial charge in [-0.05, 0) is 37.3 Å². The van der Waals surface area contributed by atoms with Crippen molar-refractivity contribution in [2.24, 2.45) is 10.2 Å². The van der Waals surface area contributed by atoms with Crippen LogP contribution in [0.4, 0.5) is 17.1 Å². The van der Waals surface area contributed by atoms with Crippen LogP contribution < -0.4 is 10.3 Å². The van der Waals surface area contributed by atoms with E-state index in [4.69, 9.17) is 9.29 Å². The smallest absolute Gasteiger partial charge is 0.299 e. The van der Waals surface area contributed by atoms with Crippen LogP contribution >= 0.6 is 0 Å². The molecule has 0 saturated carbocycles. The van der Waals surface area contributed by atoms with Gasteiger partial charge in [0, 0.05) is 12.1 Å². The van der Waals surface area contributed by atoms with Crippen LogP contribution in [0.15, 0.2) is 62.4 Å². The van der Waals surface area contributed by atoms with Crippen molar-refractivity contribution in [1.82, 2.24) is 9.78 Å². The third-order valence-electron chi connectivity index (χ3n) is 4.06. The Morgan fingerprint density at radius 3 is 2.40 bits per heavy atom. The van der Waals surface area contributed by atoms with Crippen molar-refractivity contribution in [1.29, 1.82) is 0 Å². The maximum absolute atomic E-state index is 12.7. The molecule has 0 amide bonds. The number of aryl methyl sites for hydroxylation is 1. The Balaban J connectivity index is 2.00. The number of azo groups is 1. The van der Waals surface area contributed by atoms with E-state index in [1.54, 1.807) is 6.92 Å². The van der Waals surface area contributed by atoms with Gasteiger partial charge in [-0.2, -0.15) is 8.42 Å². The molecular weight excluding hydrogens is 418 g/mol. The summed E-state index contributed by atoms with van der Waals surface area (Å²) in [5.74, 6) is 0.235. The third kappa shape index (κ3) is 4.11. The number of methoxy groups -OCH3 is 1. The number of non-ortho nitro benzene ring substituents is 1. The number of aromatic amines is 1. The monoisotopic (exact) mass is 433 g/mol. The predicted molar refractivity (Wildman–Crippen MR) is 105 cm³/mol. The zero-order valence-corrected chi connectivity index (χ0v) is 16.5. The van der Waals surface area contributed by atoms with E-state index in [0.717, 1.165) is 22.9 Å². The molecule has 3 rings (SSSR count). The summed E-state index contributed by atoms with van der Waals surface area (Å²) in [5, 5.41) is 21.6. The molecule has 0 unspecified atom stereocenters. The molecule has 0 aliphatic rings. The Morgan fingerprint density at radius 2 is 1.83 bits per heavy atom. The van der Waals surface area contributed by atoms with Crippen molar-refractivity contribution in [2.75, 3.05) is 7.11 Å². The van der Waals surface area contributed by atoms with Gasteiger partial charge in [-0.1, -0.05) is 0 Å². The standard InChI is InChI=1S/C17H15N5O7S/c1-10-16(19-18-14-9-12(22(24)25)5-8-15(14)29-2)17(23)21(20-10)11-3-6-13(7-4-11)30(26,27)28/h3-9,20H,1-2H3,(H,26,27,28). The van der Waals surface area contributed by atoms with Gasteiger partial charge in [0.1, 0.15) is 11.4 Å². The van der Waals surface area contributed by atoms with E-state index < -0.39 is 20.6 Å². The summed E-state index contributed by atoms with van der Waals surface area (Å²) >= 11 is 0. The number of hydrogen-bond donors (Lipinski definition) is 2. The Hall–Kier alpha value is -3.84. The van der Waals surface area contributed by atoms with Crippen LogP contribution in [0.25, 0.3) is 5.69 Å². The molecule has 0 bridgehead atoms. The number of hydrogen-bond acceptors (Lipinski definition) is 8. The highest BCUT2D eigenvalue weighted by molar-refractivity contribution is 7.85. The third-order valence-corrected chi connectivity index (χ3v) is 4.93. The Morgan fingerprint density at radius 1 is 1.17 bits per heavy atom. The van der Waals surface area contributed by atoms with Gasteiger partial charge in [-0.15, -0.1) is 10.2 Å². The molecule has 156 valence electrons. The molecule has 0 radical (unpaired) electrons. The van der Waals surface area contributed by atoms with E-state index in [9.17, 15) is 23.3 Å². The molecule has 0 atom stereocenters. The SMILES string of the molecule is COc1ccc([N+](=O)[O-])cc1N=Nc1c(C)[nH]n(-c2ccc(S(=O)(=O)O)cc2)c1=O. The second-order valence-corrected chi connectivity index (χ2v) is 7.43. The van der Waals surface area contributed by atoms with E-state index in [0.29, 0.717) is 11.4 Å².